The van der Waals surface area contributed by atoms with E-state index in [0.29, 0.717) is 5.82 Å². The number of imidazole rings is 1. The van der Waals surface area contributed by atoms with Crippen molar-refractivity contribution in [2.24, 2.45) is 0 Å². The maximum atomic E-state index is 13.3. The quantitative estimate of drug-likeness (QED) is 0.262. The van der Waals surface area contributed by atoms with E-state index in [4.69, 9.17) is 16.6 Å². The van der Waals surface area contributed by atoms with Crippen molar-refractivity contribution in [2.45, 2.75) is 26.1 Å². The Labute approximate surface area is 225 Å². The third-order valence-corrected chi connectivity index (χ3v) is 6.62. The Morgan fingerprint density at radius 3 is 2.46 bits per heavy atom. The Kier molecular flexibility index (Phi) is 7.00. The molecule has 0 aliphatic carbocycles. The Hall–Kier alpha value is -4.38. The molecule has 1 amide bonds. The average molecular weight is 555 g/mol. The van der Waals surface area contributed by atoms with Crippen LogP contribution in [0.2, 0.25) is 5.02 Å². The average Bonchev–Trinajstić information content (AvgIpc) is 3.54. The molecular weight excluding hydrogens is 533 g/mol. The Morgan fingerprint density at radius 2 is 1.77 bits per heavy atom. The number of hydrogen-bond donors (Lipinski definition) is 2. The fourth-order valence-electron chi connectivity index (χ4n) is 4.27. The SMILES string of the molecule is Cc1cc2nc(C(CNC(=O)c3c(Cl)cc(-n4cnnc4)cc3OC(F)(F)F)c3ccccc3)[nH]c2cc1C. The first kappa shape index (κ1) is 26.2. The fourth-order valence-corrected chi connectivity index (χ4v) is 4.56. The van der Waals surface area contributed by atoms with E-state index in [1.54, 1.807) is 0 Å². The van der Waals surface area contributed by atoms with Crippen LogP contribution in [0.3, 0.4) is 0 Å². The molecule has 0 bridgehead atoms. The van der Waals surface area contributed by atoms with Gasteiger partial charge < -0.3 is 15.0 Å². The van der Waals surface area contributed by atoms with Crippen LogP contribution in [-0.2, 0) is 0 Å². The molecule has 39 heavy (non-hydrogen) atoms. The molecule has 0 aliphatic rings. The molecule has 5 aromatic rings. The molecule has 8 nitrogen and oxygen atoms in total. The van der Waals surface area contributed by atoms with Crippen molar-refractivity contribution in [1.82, 2.24) is 30.0 Å². The number of nitrogens with one attached hydrogen (secondary N) is 2. The van der Waals surface area contributed by atoms with E-state index in [1.165, 1.54) is 23.3 Å². The second-order valence-corrected chi connectivity index (χ2v) is 9.37. The molecule has 2 N–H and O–H groups in total. The predicted molar refractivity (Wildman–Crippen MR) is 139 cm³/mol. The maximum absolute atomic E-state index is 13.3. The first-order valence-corrected chi connectivity index (χ1v) is 12.2. The van der Waals surface area contributed by atoms with Crippen LogP contribution in [0.15, 0.2) is 67.3 Å². The molecule has 1 unspecified atom stereocenters. The van der Waals surface area contributed by atoms with E-state index < -0.39 is 29.5 Å². The molecule has 0 radical (unpaired) electrons. The van der Waals surface area contributed by atoms with E-state index >= 15 is 0 Å². The summed E-state index contributed by atoms with van der Waals surface area (Å²) in [5.74, 6) is -1.41. The summed E-state index contributed by atoms with van der Waals surface area (Å²) < 4.78 is 45.3. The number of fused-ring (bicyclic) bond motifs is 1. The number of H-pyrrole nitrogens is 1. The Bertz CT molecular complexity index is 1600. The normalized spacial score (nSPS) is 12.5. The highest BCUT2D eigenvalue weighted by Gasteiger charge is 2.34. The van der Waals surface area contributed by atoms with Crippen LogP contribution in [0.5, 0.6) is 5.75 Å². The first-order chi connectivity index (χ1) is 18.6. The molecule has 0 saturated heterocycles. The molecule has 0 spiro atoms. The van der Waals surface area contributed by atoms with Gasteiger partial charge in [0, 0.05) is 12.6 Å². The van der Waals surface area contributed by atoms with Gasteiger partial charge in [-0.15, -0.1) is 23.4 Å². The largest absolute Gasteiger partial charge is 0.573 e. The third-order valence-electron chi connectivity index (χ3n) is 6.32. The van der Waals surface area contributed by atoms with E-state index in [2.05, 4.69) is 25.2 Å². The van der Waals surface area contributed by atoms with E-state index in [9.17, 15) is 18.0 Å². The van der Waals surface area contributed by atoms with Crippen LogP contribution >= 0.6 is 11.6 Å². The minimum atomic E-state index is -5.05. The lowest BCUT2D eigenvalue weighted by Crippen LogP contribution is -2.30. The zero-order chi connectivity index (χ0) is 27.7. The van der Waals surface area contributed by atoms with Gasteiger partial charge in [-0.25, -0.2) is 4.98 Å². The number of rotatable bonds is 7. The number of alkyl halides is 3. The molecule has 0 aliphatic heterocycles. The summed E-state index contributed by atoms with van der Waals surface area (Å²) in [7, 11) is 0. The van der Waals surface area contributed by atoms with Crippen LogP contribution in [0.1, 0.15) is 38.8 Å². The minimum absolute atomic E-state index is 0.0234. The number of carbonyl (C=O) groups excluding carboxylic acids is 1. The van der Waals surface area contributed by atoms with Crippen LogP contribution in [0.25, 0.3) is 16.7 Å². The Morgan fingerprint density at radius 1 is 1.08 bits per heavy atom. The number of aromatic nitrogens is 5. The summed E-state index contributed by atoms with van der Waals surface area (Å²) in [4.78, 5) is 21.4. The molecule has 2 aromatic heterocycles. The lowest BCUT2D eigenvalue weighted by atomic mass is 9.98. The van der Waals surface area contributed by atoms with Crippen LogP contribution in [-0.4, -0.2) is 43.5 Å². The van der Waals surface area contributed by atoms with Gasteiger partial charge in [0.15, 0.2) is 0 Å². The van der Waals surface area contributed by atoms with Gasteiger partial charge in [-0.2, -0.15) is 0 Å². The van der Waals surface area contributed by atoms with Gasteiger partial charge in [-0.3, -0.25) is 9.36 Å². The smallest absolute Gasteiger partial charge is 0.405 e. The molecule has 0 fully saturated rings. The molecular formula is C27H22ClF3N6O2. The fraction of sp³-hybridized carbons (Fsp3) is 0.185. The number of halogens is 4. The lowest BCUT2D eigenvalue weighted by Gasteiger charge is -2.19. The van der Waals surface area contributed by atoms with Crippen LogP contribution in [0.4, 0.5) is 13.2 Å². The van der Waals surface area contributed by atoms with Crippen molar-refractivity contribution in [3.63, 3.8) is 0 Å². The summed E-state index contributed by atoms with van der Waals surface area (Å²) in [6.07, 6.45) is -2.49. The van der Waals surface area contributed by atoms with Gasteiger partial charge in [-0.1, -0.05) is 41.9 Å². The van der Waals surface area contributed by atoms with Crippen LogP contribution < -0.4 is 10.1 Å². The highest BCUT2D eigenvalue weighted by Crippen LogP contribution is 2.34. The summed E-state index contributed by atoms with van der Waals surface area (Å²) in [5.41, 5.74) is 4.40. The Balaban J connectivity index is 1.48. The number of nitrogens with zero attached hydrogens (tertiary/aromatic N) is 4. The number of ether oxygens (including phenoxy) is 1. The number of aryl methyl sites for hydroxylation is 2. The standard InChI is InChI=1S/C27H22ClF3N6O2/c1-15-8-21-22(9-16(15)2)36-25(35-21)19(17-6-4-3-5-7-17)12-32-26(38)24-20(28)10-18(37-13-33-34-14-37)11-23(24)39-27(29,30)31/h3-11,13-14,19H,12H2,1-2H3,(H,32,38)(H,35,36). The zero-order valence-electron chi connectivity index (χ0n) is 20.8. The predicted octanol–water partition coefficient (Wildman–Crippen LogP) is 5.87. The summed E-state index contributed by atoms with van der Waals surface area (Å²) in [6.45, 7) is 4.02. The summed E-state index contributed by atoms with van der Waals surface area (Å²) in [6, 6.07) is 15.7. The van der Waals surface area contributed by atoms with E-state index in [0.717, 1.165) is 33.8 Å². The van der Waals surface area contributed by atoms with Crippen LogP contribution in [0, 0.1) is 13.8 Å². The van der Waals surface area contributed by atoms with Crippen molar-refractivity contribution in [2.75, 3.05) is 6.54 Å². The van der Waals surface area contributed by atoms with Crippen molar-refractivity contribution < 1.29 is 22.7 Å². The molecule has 12 heteroatoms. The molecule has 3 aromatic carbocycles. The van der Waals surface area contributed by atoms with Gasteiger partial charge in [0.2, 0.25) is 0 Å². The second kappa shape index (κ2) is 10.4. The highest BCUT2D eigenvalue weighted by molar-refractivity contribution is 6.34. The molecule has 0 saturated carbocycles. The summed E-state index contributed by atoms with van der Waals surface area (Å²) >= 11 is 6.33. The molecule has 2 heterocycles. The van der Waals surface area contributed by atoms with E-state index in [-0.39, 0.29) is 17.3 Å². The minimum Gasteiger partial charge on any atom is -0.405 e. The lowest BCUT2D eigenvalue weighted by molar-refractivity contribution is -0.274. The van der Waals surface area contributed by atoms with E-state index in [1.807, 2.05) is 56.3 Å². The van der Waals surface area contributed by atoms with Crippen molar-refractivity contribution in [3.8, 4) is 11.4 Å². The van der Waals surface area contributed by atoms with Gasteiger partial charge >= 0.3 is 6.36 Å². The number of aromatic amines is 1. The maximum Gasteiger partial charge on any atom is 0.573 e. The topological polar surface area (TPSA) is 97.7 Å². The monoisotopic (exact) mass is 554 g/mol. The number of benzene rings is 3. The molecule has 5 rings (SSSR count). The van der Waals surface area contributed by atoms with Gasteiger partial charge in [0.05, 0.1) is 27.7 Å². The van der Waals surface area contributed by atoms with Gasteiger partial charge in [0.25, 0.3) is 5.91 Å². The first-order valence-electron chi connectivity index (χ1n) is 11.8. The van der Waals surface area contributed by atoms with Crippen molar-refractivity contribution >= 4 is 28.5 Å². The van der Waals surface area contributed by atoms with Gasteiger partial charge in [0.1, 0.15) is 29.8 Å². The second-order valence-electron chi connectivity index (χ2n) is 8.97. The zero-order valence-corrected chi connectivity index (χ0v) is 21.5. The molecule has 1 atom stereocenters. The number of hydrogen-bond acceptors (Lipinski definition) is 5. The highest BCUT2D eigenvalue weighted by atomic mass is 35.5. The number of amides is 1. The summed E-state index contributed by atoms with van der Waals surface area (Å²) in [5, 5.41) is 9.77. The third kappa shape index (κ3) is 5.73. The van der Waals surface area contributed by atoms with Gasteiger partial charge in [-0.05, 0) is 48.7 Å². The molecule has 200 valence electrons. The van der Waals surface area contributed by atoms with Crippen molar-refractivity contribution in [3.05, 3.63) is 100 Å². The number of carbonyl (C=O) groups is 1. The van der Waals surface area contributed by atoms with Crippen molar-refractivity contribution in [1.29, 1.82) is 0 Å².